The Morgan fingerprint density at radius 3 is 2.62 bits per heavy atom. The number of fused-ring (bicyclic) bond motifs is 2. The zero-order chi connectivity index (χ0) is 11.1. The van der Waals surface area contributed by atoms with Gasteiger partial charge in [0.1, 0.15) is 5.82 Å². The quantitative estimate of drug-likeness (QED) is 0.695. The molecule has 2 aliphatic carbocycles. The maximum atomic E-state index is 13.5. The Hall–Kier alpha value is -1.18. The maximum absolute atomic E-state index is 13.5. The number of rotatable bonds is 2. The molecular formula is C14H15FO. The first-order valence-electron chi connectivity index (χ1n) is 6.04. The molecule has 3 atom stereocenters. The van der Waals surface area contributed by atoms with Crippen LogP contribution in [0, 0.1) is 23.6 Å². The monoisotopic (exact) mass is 218 g/mol. The highest BCUT2D eigenvalue weighted by Crippen LogP contribution is 2.49. The molecule has 0 N–H and O–H groups in total. The molecule has 0 amide bonds. The van der Waals surface area contributed by atoms with Gasteiger partial charge in [-0.2, -0.15) is 0 Å². The van der Waals surface area contributed by atoms with Crippen molar-refractivity contribution in [3.8, 4) is 0 Å². The SMILES string of the molecule is O=C(c1ccccc1F)C1CC2CCC1C2. The summed E-state index contributed by atoms with van der Waals surface area (Å²) in [5, 5.41) is 0. The third kappa shape index (κ3) is 1.48. The van der Waals surface area contributed by atoms with Gasteiger partial charge in [-0.3, -0.25) is 4.79 Å². The summed E-state index contributed by atoms with van der Waals surface area (Å²) in [6.45, 7) is 0. The number of hydrogen-bond acceptors (Lipinski definition) is 1. The topological polar surface area (TPSA) is 17.1 Å². The van der Waals surface area contributed by atoms with E-state index in [1.54, 1.807) is 18.2 Å². The largest absolute Gasteiger partial charge is 0.294 e. The van der Waals surface area contributed by atoms with Crippen LogP contribution in [0.5, 0.6) is 0 Å². The van der Waals surface area contributed by atoms with Crippen LogP contribution in [0.2, 0.25) is 0 Å². The van der Waals surface area contributed by atoms with Crippen molar-refractivity contribution in [3.05, 3.63) is 35.6 Å². The Balaban J connectivity index is 1.86. The molecule has 0 aliphatic heterocycles. The molecule has 0 aromatic heterocycles. The summed E-state index contributed by atoms with van der Waals surface area (Å²) >= 11 is 0. The minimum atomic E-state index is -0.365. The molecule has 0 spiro atoms. The summed E-state index contributed by atoms with van der Waals surface area (Å²) in [5.41, 5.74) is 0.292. The highest BCUT2D eigenvalue weighted by molar-refractivity contribution is 5.98. The van der Waals surface area contributed by atoms with Crippen molar-refractivity contribution in [3.63, 3.8) is 0 Å². The molecule has 2 fully saturated rings. The zero-order valence-corrected chi connectivity index (χ0v) is 9.16. The molecule has 2 aliphatic rings. The second-order valence-corrected chi connectivity index (χ2v) is 5.13. The van der Waals surface area contributed by atoms with E-state index in [0.717, 1.165) is 18.8 Å². The molecule has 2 bridgehead atoms. The lowest BCUT2D eigenvalue weighted by molar-refractivity contribution is 0.0870. The van der Waals surface area contributed by atoms with Crippen LogP contribution >= 0.6 is 0 Å². The van der Waals surface area contributed by atoms with Crippen molar-refractivity contribution in [1.82, 2.24) is 0 Å². The van der Waals surface area contributed by atoms with Crippen molar-refractivity contribution in [2.45, 2.75) is 25.7 Å². The summed E-state index contributed by atoms with van der Waals surface area (Å²) in [6.07, 6.45) is 4.60. The van der Waals surface area contributed by atoms with Gasteiger partial charge in [0.15, 0.2) is 5.78 Å². The number of halogens is 1. The van der Waals surface area contributed by atoms with Gasteiger partial charge in [0.2, 0.25) is 0 Å². The lowest BCUT2D eigenvalue weighted by Gasteiger charge is -2.20. The minimum Gasteiger partial charge on any atom is -0.294 e. The fourth-order valence-electron chi connectivity index (χ4n) is 3.43. The van der Waals surface area contributed by atoms with E-state index in [9.17, 15) is 9.18 Å². The number of benzene rings is 1. The van der Waals surface area contributed by atoms with Crippen LogP contribution in [0.3, 0.4) is 0 Å². The Kier molecular flexibility index (Phi) is 2.31. The first-order valence-corrected chi connectivity index (χ1v) is 6.04. The highest BCUT2D eigenvalue weighted by Gasteiger charge is 2.43. The van der Waals surface area contributed by atoms with Crippen LogP contribution < -0.4 is 0 Å². The highest BCUT2D eigenvalue weighted by atomic mass is 19.1. The van der Waals surface area contributed by atoms with E-state index in [-0.39, 0.29) is 17.5 Å². The molecule has 1 aromatic carbocycles. The van der Waals surface area contributed by atoms with E-state index in [0.29, 0.717) is 11.5 Å². The van der Waals surface area contributed by atoms with Crippen LogP contribution in [0.25, 0.3) is 0 Å². The molecule has 0 radical (unpaired) electrons. The molecule has 84 valence electrons. The number of carbonyl (C=O) groups excluding carboxylic acids is 1. The summed E-state index contributed by atoms with van der Waals surface area (Å²) in [7, 11) is 0. The Morgan fingerprint density at radius 1 is 1.19 bits per heavy atom. The second kappa shape index (κ2) is 3.69. The minimum absolute atomic E-state index is 0.0327. The second-order valence-electron chi connectivity index (χ2n) is 5.13. The van der Waals surface area contributed by atoms with Gasteiger partial charge in [-0.1, -0.05) is 18.6 Å². The zero-order valence-electron chi connectivity index (χ0n) is 9.16. The number of Topliss-reactive ketones (excluding diaryl/α,β-unsaturated/α-hetero) is 1. The normalized spacial score (nSPS) is 31.9. The average Bonchev–Trinajstić information content (AvgIpc) is 2.90. The van der Waals surface area contributed by atoms with Gasteiger partial charge in [0.05, 0.1) is 5.56 Å². The molecule has 3 unspecified atom stereocenters. The van der Waals surface area contributed by atoms with Crippen LogP contribution in [0.15, 0.2) is 24.3 Å². The van der Waals surface area contributed by atoms with Crippen molar-refractivity contribution >= 4 is 5.78 Å². The van der Waals surface area contributed by atoms with Gasteiger partial charge in [0, 0.05) is 5.92 Å². The standard InChI is InChI=1S/C14H15FO/c15-13-4-2-1-3-11(13)14(16)12-8-9-5-6-10(12)7-9/h1-4,9-10,12H,5-8H2. The summed E-state index contributed by atoms with van der Waals surface area (Å²) < 4.78 is 13.5. The van der Waals surface area contributed by atoms with E-state index >= 15 is 0 Å². The van der Waals surface area contributed by atoms with E-state index in [1.807, 2.05) is 0 Å². The van der Waals surface area contributed by atoms with Crippen LogP contribution in [-0.2, 0) is 0 Å². The van der Waals surface area contributed by atoms with Crippen molar-refractivity contribution in [1.29, 1.82) is 0 Å². The Morgan fingerprint density at radius 2 is 2.00 bits per heavy atom. The molecule has 3 rings (SSSR count). The van der Waals surface area contributed by atoms with E-state index in [2.05, 4.69) is 0 Å². The molecular weight excluding hydrogens is 203 g/mol. The molecule has 0 heterocycles. The van der Waals surface area contributed by atoms with Crippen LogP contribution in [0.1, 0.15) is 36.0 Å². The molecule has 1 aromatic rings. The Bertz CT molecular complexity index is 426. The number of hydrogen-bond donors (Lipinski definition) is 0. The number of ketones is 1. The molecule has 0 saturated heterocycles. The predicted octanol–water partition coefficient (Wildman–Crippen LogP) is 3.44. The maximum Gasteiger partial charge on any atom is 0.169 e. The van der Waals surface area contributed by atoms with E-state index in [1.165, 1.54) is 18.9 Å². The number of carbonyl (C=O) groups is 1. The van der Waals surface area contributed by atoms with E-state index in [4.69, 9.17) is 0 Å². The lowest BCUT2D eigenvalue weighted by atomic mass is 9.83. The average molecular weight is 218 g/mol. The van der Waals surface area contributed by atoms with E-state index < -0.39 is 0 Å². The molecule has 2 saturated carbocycles. The van der Waals surface area contributed by atoms with Crippen LogP contribution in [0.4, 0.5) is 4.39 Å². The first-order chi connectivity index (χ1) is 7.75. The van der Waals surface area contributed by atoms with Gasteiger partial charge < -0.3 is 0 Å². The van der Waals surface area contributed by atoms with Gasteiger partial charge >= 0.3 is 0 Å². The lowest BCUT2D eigenvalue weighted by Crippen LogP contribution is -2.21. The fourth-order valence-corrected chi connectivity index (χ4v) is 3.43. The van der Waals surface area contributed by atoms with Gasteiger partial charge in [0.25, 0.3) is 0 Å². The summed E-state index contributed by atoms with van der Waals surface area (Å²) in [5.74, 6) is 1.01. The third-order valence-corrected chi connectivity index (χ3v) is 4.21. The summed E-state index contributed by atoms with van der Waals surface area (Å²) in [6, 6.07) is 6.36. The van der Waals surface area contributed by atoms with Gasteiger partial charge in [-0.25, -0.2) is 4.39 Å². The molecule has 2 heteroatoms. The van der Waals surface area contributed by atoms with Gasteiger partial charge in [-0.05, 0) is 43.2 Å². The summed E-state index contributed by atoms with van der Waals surface area (Å²) in [4.78, 5) is 12.2. The molecule has 16 heavy (non-hydrogen) atoms. The first kappa shape index (κ1) is 10.0. The Labute approximate surface area is 94.7 Å². The fraction of sp³-hybridized carbons (Fsp3) is 0.500. The predicted molar refractivity (Wildman–Crippen MR) is 59.7 cm³/mol. The smallest absolute Gasteiger partial charge is 0.169 e. The van der Waals surface area contributed by atoms with Gasteiger partial charge in [-0.15, -0.1) is 0 Å². The van der Waals surface area contributed by atoms with Crippen molar-refractivity contribution in [2.24, 2.45) is 17.8 Å². The van der Waals surface area contributed by atoms with Crippen molar-refractivity contribution in [2.75, 3.05) is 0 Å². The molecule has 1 nitrogen and oxygen atoms in total. The third-order valence-electron chi connectivity index (χ3n) is 4.21. The van der Waals surface area contributed by atoms with Crippen molar-refractivity contribution < 1.29 is 9.18 Å². The van der Waals surface area contributed by atoms with Crippen LogP contribution in [-0.4, -0.2) is 5.78 Å².